The van der Waals surface area contributed by atoms with Gasteiger partial charge in [0.25, 0.3) is 0 Å². The quantitative estimate of drug-likeness (QED) is 0.347. The highest BCUT2D eigenvalue weighted by molar-refractivity contribution is 5.96. The summed E-state index contributed by atoms with van der Waals surface area (Å²) in [5.74, 6) is 1.51. The lowest BCUT2D eigenvalue weighted by Crippen LogP contribution is -2.28. The molecule has 6 heteroatoms. The highest BCUT2D eigenvalue weighted by atomic mass is 16.5. The molecule has 0 unspecified atom stereocenters. The molecule has 34 heavy (non-hydrogen) atoms. The number of aryl methyl sites for hydroxylation is 1. The Balaban J connectivity index is 0.00000168. The topological polar surface area (TPSA) is 68.3 Å². The van der Waals surface area contributed by atoms with Crippen molar-refractivity contribution in [2.75, 3.05) is 26.1 Å². The lowest BCUT2D eigenvalue weighted by atomic mass is 10.0. The van der Waals surface area contributed by atoms with Crippen molar-refractivity contribution in [1.29, 1.82) is 0 Å². The highest BCUT2D eigenvalue weighted by Crippen LogP contribution is 2.35. The Morgan fingerprint density at radius 1 is 1.15 bits per heavy atom. The zero-order chi connectivity index (χ0) is 26.4. The maximum absolute atomic E-state index is 5.42. The van der Waals surface area contributed by atoms with E-state index in [0.29, 0.717) is 6.04 Å². The van der Waals surface area contributed by atoms with Crippen molar-refractivity contribution < 1.29 is 4.74 Å². The number of fused-ring (bicyclic) bond motifs is 1. The predicted octanol–water partition coefficient (Wildman–Crippen LogP) is 5.73. The Morgan fingerprint density at radius 2 is 1.76 bits per heavy atom. The van der Waals surface area contributed by atoms with Crippen LogP contribution in [0.1, 0.15) is 31.0 Å². The molecule has 1 heterocycles. The van der Waals surface area contributed by atoms with Crippen LogP contribution in [0.4, 0.5) is 5.69 Å². The summed E-state index contributed by atoms with van der Waals surface area (Å²) >= 11 is 0. The van der Waals surface area contributed by atoms with E-state index in [1.165, 1.54) is 7.05 Å². The average molecular weight is 462 g/mol. The van der Waals surface area contributed by atoms with E-state index in [2.05, 4.69) is 81.6 Å². The van der Waals surface area contributed by atoms with E-state index in [1.54, 1.807) is 7.11 Å². The molecule has 0 aliphatic carbocycles. The molecular weight excluding hydrogens is 422 g/mol. The molecule has 0 aliphatic heterocycles. The Bertz CT molecular complexity index is 1090. The average Bonchev–Trinajstić information content (AvgIpc) is 3.33. The van der Waals surface area contributed by atoms with Gasteiger partial charge in [-0.1, -0.05) is 25.3 Å². The van der Waals surface area contributed by atoms with Gasteiger partial charge in [0.15, 0.2) is 0 Å². The Hall–Kier alpha value is -3.95. The lowest BCUT2D eigenvalue weighted by molar-refractivity contribution is 0.414. The second kappa shape index (κ2) is 15.0. The molecule has 0 radical (unpaired) electrons. The molecule has 6 nitrogen and oxygen atoms in total. The van der Waals surface area contributed by atoms with Gasteiger partial charge in [0.2, 0.25) is 0 Å². The van der Waals surface area contributed by atoms with Crippen LogP contribution >= 0.6 is 0 Å². The van der Waals surface area contributed by atoms with Gasteiger partial charge in [-0.15, -0.1) is 26.0 Å². The third kappa shape index (κ3) is 6.53. The number of aromatic nitrogens is 2. The summed E-state index contributed by atoms with van der Waals surface area (Å²) in [7, 11) is 5.02. The van der Waals surface area contributed by atoms with Crippen LogP contribution in [0.25, 0.3) is 16.7 Å². The predicted molar refractivity (Wildman–Crippen MR) is 149 cm³/mol. The number of ether oxygens (including phenoxy) is 1. The number of nitrogens with two attached hydrogens (primary N) is 1. The number of nitrogens with one attached hydrogen (secondary N) is 1. The summed E-state index contributed by atoms with van der Waals surface area (Å²) in [4.78, 5) is 6.71. The molecule has 3 N–H and O–H groups in total. The molecule has 0 spiro atoms. The van der Waals surface area contributed by atoms with Crippen LogP contribution in [0, 0.1) is 19.8 Å². The van der Waals surface area contributed by atoms with Gasteiger partial charge in [0.05, 0.1) is 24.6 Å². The smallest absolute Gasteiger partial charge is 0.119 e. The zero-order valence-electron chi connectivity index (χ0n) is 21.4. The fourth-order valence-corrected chi connectivity index (χ4v) is 3.36. The highest BCUT2D eigenvalue weighted by Gasteiger charge is 2.21. The maximum Gasteiger partial charge on any atom is 0.119 e. The Morgan fingerprint density at radius 3 is 2.29 bits per heavy atom. The monoisotopic (exact) mass is 461 g/mol. The number of nitrogens with zero attached hydrogens (tertiary/aromatic N) is 3. The first-order valence-corrected chi connectivity index (χ1v) is 10.8. The molecule has 0 saturated heterocycles. The molecule has 0 atom stereocenters. The fourth-order valence-electron chi connectivity index (χ4n) is 3.36. The molecule has 1 aromatic heterocycles. The van der Waals surface area contributed by atoms with E-state index in [9.17, 15) is 0 Å². The van der Waals surface area contributed by atoms with Crippen LogP contribution in [-0.2, 0) is 0 Å². The van der Waals surface area contributed by atoms with E-state index in [4.69, 9.17) is 9.72 Å². The van der Waals surface area contributed by atoms with Crippen molar-refractivity contribution in [3.63, 3.8) is 0 Å². The molecule has 0 aliphatic rings. The van der Waals surface area contributed by atoms with Gasteiger partial charge in [-0.05, 0) is 57.6 Å². The van der Waals surface area contributed by atoms with Crippen LogP contribution in [0.3, 0.4) is 0 Å². The number of terminal acetylenes is 1. The molecule has 3 rings (SSSR count). The molecule has 0 bridgehead atoms. The summed E-state index contributed by atoms with van der Waals surface area (Å²) in [6.07, 6.45) is 9.89. The minimum absolute atomic E-state index is 0.324. The van der Waals surface area contributed by atoms with Gasteiger partial charge in [0, 0.05) is 24.4 Å². The Kier molecular flexibility index (Phi) is 13.2. The maximum atomic E-state index is 5.42. The van der Waals surface area contributed by atoms with E-state index in [1.807, 2.05) is 48.6 Å². The second-order valence-corrected chi connectivity index (χ2v) is 7.05. The molecule has 182 valence electrons. The zero-order valence-corrected chi connectivity index (χ0v) is 21.4. The number of benzene rings is 2. The molecule has 0 fully saturated rings. The number of methoxy groups -OCH3 is 1. The van der Waals surface area contributed by atoms with E-state index in [-0.39, 0.29) is 0 Å². The van der Waals surface area contributed by atoms with E-state index < -0.39 is 0 Å². The van der Waals surface area contributed by atoms with Crippen molar-refractivity contribution in [1.82, 2.24) is 14.9 Å². The third-order valence-corrected chi connectivity index (χ3v) is 4.96. The van der Waals surface area contributed by atoms with Gasteiger partial charge < -0.3 is 20.4 Å². The van der Waals surface area contributed by atoms with Crippen molar-refractivity contribution in [3.8, 4) is 18.6 Å². The van der Waals surface area contributed by atoms with Crippen molar-refractivity contribution in [2.24, 2.45) is 5.73 Å². The summed E-state index contributed by atoms with van der Waals surface area (Å²) in [5, 5.41) is 3.16. The van der Waals surface area contributed by atoms with Gasteiger partial charge in [-0.25, -0.2) is 4.98 Å². The number of anilines is 1. The largest absolute Gasteiger partial charge is 0.497 e. The number of hydrogen-bond acceptors (Lipinski definition) is 5. The lowest BCUT2D eigenvalue weighted by Gasteiger charge is -2.29. The van der Waals surface area contributed by atoms with Crippen molar-refractivity contribution in [3.05, 3.63) is 86.0 Å². The molecule has 3 aromatic rings. The van der Waals surface area contributed by atoms with E-state index >= 15 is 0 Å². The van der Waals surface area contributed by atoms with Gasteiger partial charge >= 0.3 is 0 Å². The number of rotatable bonds is 7. The minimum atomic E-state index is 0.324. The number of hydrogen-bond donors (Lipinski definition) is 2. The molecular formula is C28H39N5O. The standard InChI is InChI=1S/C23H28N4O.C2H4.C2H2.CH5N/c1-15(2)26-14-25-23-21(26)9-8-10-22(23)27(18(5)24-6)17(4)20-13-19(28-7)12-11-16(20)3;3*1-2/h8-15,24H,4-5H2,1-3,6-7H3;1-2H2;1-2H;2H2,1H3. The SMILES string of the molecule is C#C.C=C.C=C(NC)N(C(=C)c1cc(OC)ccc1C)c1cccc2c1ncn2C(C)C.CN. The third-order valence-electron chi connectivity index (χ3n) is 4.96. The first kappa shape index (κ1) is 30.0. The van der Waals surface area contributed by atoms with Crippen LogP contribution < -0.4 is 20.7 Å². The van der Waals surface area contributed by atoms with Gasteiger partial charge in [-0.2, -0.15) is 0 Å². The second-order valence-electron chi connectivity index (χ2n) is 7.05. The molecule has 0 amide bonds. The summed E-state index contributed by atoms with van der Waals surface area (Å²) in [5.41, 5.74) is 10.3. The summed E-state index contributed by atoms with van der Waals surface area (Å²) in [6, 6.07) is 12.5. The molecule has 2 aromatic carbocycles. The number of para-hydroxylation sites is 1. The van der Waals surface area contributed by atoms with Crippen LogP contribution in [0.5, 0.6) is 5.75 Å². The van der Waals surface area contributed by atoms with Gasteiger partial charge in [-0.3, -0.25) is 4.90 Å². The van der Waals surface area contributed by atoms with Crippen LogP contribution in [-0.4, -0.2) is 30.8 Å². The first-order chi connectivity index (χ1) is 16.4. The van der Waals surface area contributed by atoms with Crippen LogP contribution in [0.15, 0.2) is 74.9 Å². The minimum Gasteiger partial charge on any atom is -0.497 e. The van der Waals surface area contributed by atoms with Gasteiger partial charge in [0.1, 0.15) is 17.1 Å². The van der Waals surface area contributed by atoms with Crippen molar-refractivity contribution in [2.45, 2.75) is 26.8 Å². The Labute approximate surface area is 205 Å². The van der Waals surface area contributed by atoms with Crippen LogP contribution in [0.2, 0.25) is 0 Å². The first-order valence-electron chi connectivity index (χ1n) is 10.8. The van der Waals surface area contributed by atoms with Crippen molar-refractivity contribution >= 4 is 22.4 Å². The number of imidazole rings is 1. The summed E-state index contributed by atoms with van der Waals surface area (Å²) in [6.45, 7) is 21.0. The summed E-state index contributed by atoms with van der Waals surface area (Å²) < 4.78 is 7.58. The van der Waals surface area contributed by atoms with E-state index in [0.717, 1.165) is 45.1 Å². The fraction of sp³-hybridized carbons (Fsp3) is 0.250. The normalized spacial score (nSPS) is 9.35. The molecule has 0 saturated carbocycles.